The lowest BCUT2D eigenvalue weighted by Gasteiger charge is -2.13. The molecule has 1 aliphatic heterocycles. The highest BCUT2D eigenvalue weighted by atomic mass is 19.1. The van der Waals surface area contributed by atoms with Gasteiger partial charge >= 0.3 is 11.7 Å². The molecule has 6 rings (SSSR count). The molecule has 1 aliphatic carbocycles. The molecule has 2 aromatic heterocycles. The first kappa shape index (κ1) is 24.7. The maximum absolute atomic E-state index is 14.3. The van der Waals surface area contributed by atoms with Gasteiger partial charge in [0.1, 0.15) is 23.2 Å². The Morgan fingerprint density at radius 2 is 1.74 bits per heavy atom. The SMILES string of the molecule is O=C1N[C@@H](CO)C(=O)N1c1ccc(Cc2nc3c([nH]2)c(=O)n(Cc2ccccc2F)c(=O)n3CC2CC2)cc1. The number of H-pyrrole nitrogens is 1. The van der Waals surface area contributed by atoms with Crippen LogP contribution in [0.5, 0.6) is 0 Å². The number of aliphatic hydroxyl groups excluding tert-OH is 1. The second-order valence-corrected chi connectivity index (χ2v) is 9.90. The number of benzene rings is 2. The summed E-state index contributed by atoms with van der Waals surface area (Å²) in [7, 11) is 0. The number of carbonyl (C=O) groups is 2. The van der Waals surface area contributed by atoms with Gasteiger partial charge in [0.05, 0.1) is 18.8 Å². The van der Waals surface area contributed by atoms with Crippen molar-refractivity contribution in [2.24, 2.45) is 5.92 Å². The van der Waals surface area contributed by atoms with Gasteiger partial charge in [-0.1, -0.05) is 30.3 Å². The molecular formula is C27H25FN6O5. The fourth-order valence-electron chi connectivity index (χ4n) is 4.81. The summed E-state index contributed by atoms with van der Waals surface area (Å²) < 4.78 is 16.9. The first-order chi connectivity index (χ1) is 18.8. The van der Waals surface area contributed by atoms with E-state index in [0.29, 0.717) is 30.4 Å². The predicted molar refractivity (Wildman–Crippen MR) is 139 cm³/mol. The summed E-state index contributed by atoms with van der Waals surface area (Å²) in [5, 5.41) is 11.7. The molecule has 4 aromatic rings. The fourth-order valence-corrected chi connectivity index (χ4v) is 4.81. The van der Waals surface area contributed by atoms with Gasteiger partial charge in [0.15, 0.2) is 5.65 Å². The standard InChI is InChI=1S/C27H25FN6O5/c28-19-4-2-1-3-17(19)13-33-25(37)22-23(32(27(33)39)12-16-5-6-16)31-21(30-22)11-15-7-9-18(10-8-15)34-24(36)20(14-35)29-26(34)38/h1-4,7-10,16,20,35H,5-6,11-14H2,(H,29,38)(H,30,31)/t20-/m0/s1. The van der Waals surface area contributed by atoms with E-state index in [-0.39, 0.29) is 23.3 Å². The van der Waals surface area contributed by atoms with E-state index in [1.807, 2.05) is 0 Å². The molecule has 3 N–H and O–H groups in total. The molecule has 39 heavy (non-hydrogen) atoms. The minimum atomic E-state index is -0.969. The van der Waals surface area contributed by atoms with Crippen LogP contribution >= 0.6 is 0 Å². The molecule has 2 aliphatic rings. The molecule has 1 saturated carbocycles. The number of halogens is 1. The van der Waals surface area contributed by atoms with Crippen LogP contribution in [-0.2, 0) is 24.3 Å². The number of urea groups is 1. The topological polar surface area (TPSA) is 142 Å². The number of aromatic amines is 1. The third-order valence-electron chi connectivity index (χ3n) is 7.10. The molecule has 0 unspecified atom stereocenters. The number of hydrogen-bond acceptors (Lipinski definition) is 6. The van der Waals surface area contributed by atoms with Crippen molar-refractivity contribution in [2.75, 3.05) is 11.5 Å². The Balaban J connectivity index is 1.33. The fraction of sp³-hybridized carbons (Fsp3) is 0.296. The smallest absolute Gasteiger partial charge is 0.333 e. The van der Waals surface area contributed by atoms with E-state index in [9.17, 15) is 28.7 Å². The Hall–Kier alpha value is -4.58. The first-order valence-electron chi connectivity index (χ1n) is 12.6. The predicted octanol–water partition coefficient (Wildman–Crippen LogP) is 1.49. The summed E-state index contributed by atoms with van der Waals surface area (Å²) in [6.07, 6.45) is 2.26. The maximum atomic E-state index is 14.3. The lowest BCUT2D eigenvalue weighted by Crippen LogP contribution is -2.40. The zero-order valence-corrected chi connectivity index (χ0v) is 20.8. The van der Waals surface area contributed by atoms with E-state index in [2.05, 4.69) is 15.3 Å². The van der Waals surface area contributed by atoms with Crippen molar-refractivity contribution < 1.29 is 19.1 Å². The number of carbonyl (C=O) groups excluding carboxylic acids is 2. The molecule has 11 nitrogen and oxygen atoms in total. The van der Waals surface area contributed by atoms with Crippen LogP contribution in [-0.4, -0.2) is 48.8 Å². The van der Waals surface area contributed by atoms with Crippen LogP contribution in [0.15, 0.2) is 58.1 Å². The van der Waals surface area contributed by atoms with Crippen LogP contribution in [0, 0.1) is 11.7 Å². The van der Waals surface area contributed by atoms with Gasteiger partial charge in [-0.05, 0) is 42.5 Å². The van der Waals surface area contributed by atoms with E-state index in [1.54, 1.807) is 42.5 Å². The first-order valence-corrected chi connectivity index (χ1v) is 12.6. The molecule has 1 atom stereocenters. The van der Waals surface area contributed by atoms with Crippen molar-refractivity contribution in [3.8, 4) is 0 Å². The Labute approximate surface area is 220 Å². The number of nitrogens with zero attached hydrogens (tertiary/aromatic N) is 4. The Kier molecular flexibility index (Phi) is 6.10. The normalized spacial score (nSPS) is 17.3. The van der Waals surface area contributed by atoms with Crippen LogP contribution in [0.2, 0.25) is 0 Å². The molecule has 0 spiro atoms. The van der Waals surface area contributed by atoms with Gasteiger partial charge in [-0.3, -0.25) is 18.7 Å². The summed E-state index contributed by atoms with van der Waals surface area (Å²) in [5.74, 6) is -0.245. The van der Waals surface area contributed by atoms with Crippen molar-refractivity contribution in [3.63, 3.8) is 0 Å². The highest BCUT2D eigenvalue weighted by Gasteiger charge is 2.38. The molecular weight excluding hydrogens is 507 g/mol. The van der Waals surface area contributed by atoms with Gasteiger partial charge in [-0.15, -0.1) is 0 Å². The molecule has 3 heterocycles. The summed E-state index contributed by atoms with van der Waals surface area (Å²) in [6.45, 7) is -0.258. The Morgan fingerprint density at radius 3 is 2.41 bits per heavy atom. The highest BCUT2D eigenvalue weighted by molar-refractivity contribution is 6.21. The average Bonchev–Trinajstić information content (AvgIpc) is 3.58. The number of fused-ring (bicyclic) bond motifs is 1. The summed E-state index contributed by atoms with van der Waals surface area (Å²) in [5.41, 5.74) is 0.721. The molecule has 3 amide bonds. The lowest BCUT2D eigenvalue weighted by molar-refractivity contribution is -0.119. The average molecular weight is 533 g/mol. The summed E-state index contributed by atoms with van der Waals surface area (Å²) >= 11 is 0. The van der Waals surface area contributed by atoms with Crippen molar-refractivity contribution >= 4 is 28.8 Å². The second-order valence-electron chi connectivity index (χ2n) is 9.90. The Bertz CT molecular complexity index is 1720. The number of aliphatic hydroxyl groups is 1. The van der Waals surface area contributed by atoms with Gasteiger partial charge in [0.25, 0.3) is 11.5 Å². The van der Waals surface area contributed by atoms with Crippen LogP contribution in [0.25, 0.3) is 11.2 Å². The van der Waals surface area contributed by atoms with E-state index in [1.165, 1.54) is 10.6 Å². The van der Waals surface area contributed by atoms with Crippen molar-refractivity contribution in [1.29, 1.82) is 0 Å². The maximum Gasteiger partial charge on any atom is 0.333 e. The molecule has 2 aromatic carbocycles. The molecule has 0 bridgehead atoms. The minimum Gasteiger partial charge on any atom is -0.394 e. The summed E-state index contributed by atoms with van der Waals surface area (Å²) in [6, 6.07) is 11.1. The molecule has 0 radical (unpaired) electrons. The van der Waals surface area contributed by atoms with Gasteiger partial charge in [-0.25, -0.2) is 23.9 Å². The van der Waals surface area contributed by atoms with Crippen LogP contribution in [0.4, 0.5) is 14.9 Å². The quantitative estimate of drug-likeness (QED) is 0.294. The van der Waals surface area contributed by atoms with Gasteiger partial charge in [-0.2, -0.15) is 0 Å². The zero-order chi connectivity index (χ0) is 27.3. The van der Waals surface area contributed by atoms with E-state index >= 15 is 0 Å². The number of rotatable bonds is 8. The van der Waals surface area contributed by atoms with E-state index in [0.717, 1.165) is 27.9 Å². The lowest BCUT2D eigenvalue weighted by atomic mass is 10.1. The molecule has 2 fully saturated rings. The number of amides is 3. The van der Waals surface area contributed by atoms with Gasteiger partial charge < -0.3 is 15.4 Å². The van der Waals surface area contributed by atoms with Crippen molar-refractivity contribution in [3.05, 3.63) is 92.1 Å². The number of nitrogens with one attached hydrogen (secondary N) is 2. The van der Waals surface area contributed by atoms with Crippen LogP contribution < -0.4 is 21.5 Å². The van der Waals surface area contributed by atoms with Gasteiger partial charge in [0, 0.05) is 18.5 Å². The zero-order valence-electron chi connectivity index (χ0n) is 20.8. The monoisotopic (exact) mass is 532 g/mol. The highest BCUT2D eigenvalue weighted by Crippen LogP contribution is 2.30. The van der Waals surface area contributed by atoms with E-state index in [4.69, 9.17) is 0 Å². The third kappa shape index (κ3) is 4.52. The van der Waals surface area contributed by atoms with Crippen molar-refractivity contribution in [2.45, 2.75) is 38.4 Å². The van der Waals surface area contributed by atoms with Gasteiger partial charge in [0.2, 0.25) is 0 Å². The number of imide groups is 1. The van der Waals surface area contributed by atoms with Crippen LogP contribution in [0.1, 0.15) is 29.8 Å². The number of imidazole rings is 1. The number of anilines is 1. The Morgan fingerprint density at radius 1 is 1.00 bits per heavy atom. The van der Waals surface area contributed by atoms with E-state index < -0.39 is 41.7 Å². The van der Waals surface area contributed by atoms with Crippen LogP contribution in [0.3, 0.4) is 0 Å². The molecule has 200 valence electrons. The number of aromatic nitrogens is 4. The second kappa shape index (κ2) is 9.62. The largest absolute Gasteiger partial charge is 0.394 e. The molecule has 12 heteroatoms. The molecule has 1 saturated heterocycles. The number of hydrogen-bond donors (Lipinski definition) is 3. The third-order valence-corrected chi connectivity index (χ3v) is 7.10. The summed E-state index contributed by atoms with van der Waals surface area (Å²) in [4.78, 5) is 59.8. The van der Waals surface area contributed by atoms with Crippen molar-refractivity contribution in [1.82, 2.24) is 24.4 Å². The minimum absolute atomic E-state index is 0.174.